The number of carbonyl (C=O) groups is 1. The third-order valence-electron chi connectivity index (χ3n) is 4.75. The molecule has 26 heavy (non-hydrogen) atoms. The van der Waals surface area contributed by atoms with Crippen LogP contribution in [0.4, 0.5) is 4.39 Å². The lowest BCUT2D eigenvalue weighted by Crippen LogP contribution is -2.29. The summed E-state index contributed by atoms with van der Waals surface area (Å²) in [5.74, 6) is 0.488. The van der Waals surface area contributed by atoms with Crippen LogP contribution >= 0.6 is 0 Å². The predicted molar refractivity (Wildman–Crippen MR) is 93.1 cm³/mol. The minimum Gasteiger partial charge on any atom is -0.336 e. The van der Waals surface area contributed by atoms with E-state index < -0.39 is 6.67 Å². The van der Waals surface area contributed by atoms with E-state index in [2.05, 4.69) is 20.3 Å². The highest BCUT2D eigenvalue weighted by Crippen LogP contribution is 2.32. The van der Waals surface area contributed by atoms with Crippen LogP contribution in [0.15, 0.2) is 42.6 Å². The van der Waals surface area contributed by atoms with Gasteiger partial charge in [-0.2, -0.15) is 10.2 Å². The van der Waals surface area contributed by atoms with Crippen molar-refractivity contribution in [3.63, 3.8) is 0 Å². The van der Waals surface area contributed by atoms with Crippen molar-refractivity contribution in [2.24, 2.45) is 13.0 Å². The molecule has 7 nitrogen and oxygen atoms in total. The molecule has 1 saturated heterocycles. The summed E-state index contributed by atoms with van der Waals surface area (Å²) in [7, 11) is 1.76. The third kappa shape index (κ3) is 2.98. The molecule has 0 radical (unpaired) electrons. The molecule has 0 saturated carbocycles. The molecular weight excluding hydrogens is 335 g/mol. The van der Waals surface area contributed by atoms with Crippen LogP contribution in [0.25, 0.3) is 11.4 Å². The van der Waals surface area contributed by atoms with E-state index in [4.69, 9.17) is 0 Å². The first-order valence-electron chi connectivity index (χ1n) is 8.48. The Morgan fingerprint density at radius 1 is 1.27 bits per heavy atom. The van der Waals surface area contributed by atoms with Gasteiger partial charge in [0.05, 0.1) is 6.67 Å². The fourth-order valence-electron chi connectivity index (χ4n) is 3.35. The average Bonchev–Trinajstić information content (AvgIpc) is 3.40. The lowest BCUT2D eigenvalue weighted by Gasteiger charge is -2.14. The van der Waals surface area contributed by atoms with Gasteiger partial charge in [-0.3, -0.25) is 19.0 Å². The van der Waals surface area contributed by atoms with Crippen molar-refractivity contribution in [2.75, 3.05) is 19.8 Å². The van der Waals surface area contributed by atoms with E-state index in [1.54, 1.807) is 28.9 Å². The highest BCUT2D eigenvalue weighted by molar-refractivity contribution is 5.92. The van der Waals surface area contributed by atoms with Crippen LogP contribution in [0.1, 0.15) is 22.2 Å². The SMILES string of the molecule is Cn1ccc(C(=O)N2C[C@@H](CF)[C@H](c3nc(-c4ccccc4)n[nH]3)C2)n1. The van der Waals surface area contributed by atoms with Crippen LogP contribution in [0.2, 0.25) is 0 Å². The molecule has 1 amide bonds. The second kappa shape index (κ2) is 6.70. The van der Waals surface area contributed by atoms with E-state index in [-0.39, 0.29) is 17.7 Å². The summed E-state index contributed by atoms with van der Waals surface area (Å²) in [6.45, 7) is 0.226. The molecule has 134 valence electrons. The normalized spacial score (nSPS) is 19.8. The van der Waals surface area contributed by atoms with Gasteiger partial charge in [-0.15, -0.1) is 0 Å². The maximum atomic E-state index is 13.6. The number of nitrogens with zero attached hydrogens (tertiary/aromatic N) is 5. The number of likely N-dealkylation sites (tertiary alicyclic amines) is 1. The molecular formula is C18H19FN6O. The number of H-pyrrole nitrogens is 1. The number of nitrogens with one attached hydrogen (secondary N) is 1. The van der Waals surface area contributed by atoms with E-state index in [0.29, 0.717) is 30.4 Å². The number of aromatic nitrogens is 5. The molecule has 1 aliphatic heterocycles. The summed E-state index contributed by atoms with van der Waals surface area (Å²) in [5.41, 5.74) is 1.26. The summed E-state index contributed by atoms with van der Waals surface area (Å²) in [5, 5.41) is 11.3. The second-order valence-electron chi connectivity index (χ2n) is 6.52. The summed E-state index contributed by atoms with van der Waals surface area (Å²) in [6.07, 6.45) is 1.72. The molecule has 8 heteroatoms. The van der Waals surface area contributed by atoms with Crippen molar-refractivity contribution in [3.8, 4) is 11.4 Å². The smallest absolute Gasteiger partial charge is 0.274 e. The predicted octanol–water partition coefficient (Wildman–Crippen LogP) is 2.03. The number of halogens is 1. The van der Waals surface area contributed by atoms with Gasteiger partial charge in [0.25, 0.3) is 5.91 Å². The maximum Gasteiger partial charge on any atom is 0.274 e. The Balaban J connectivity index is 1.55. The number of aromatic amines is 1. The van der Waals surface area contributed by atoms with Crippen molar-refractivity contribution >= 4 is 5.91 Å². The monoisotopic (exact) mass is 354 g/mol. The number of amides is 1. The first-order valence-corrected chi connectivity index (χ1v) is 8.48. The van der Waals surface area contributed by atoms with Gasteiger partial charge in [-0.05, 0) is 6.07 Å². The quantitative estimate of drug-likeness (QED) is 0.777. The Morgan fingerprint density at radius 2 is 2.08 bits per heavy atom. The zero-order chi connectivity index (χ0) is 18.1. The number of aryl methyl sites for hydroxylation is 1. The lowest BCUT2D eigenvalue weighted by molar-refractivity contribution is 0.0778. The van der Waals surface area contributed by atoms with Crippen molar-refractivity contribution in [2.45, 2.75) is 5.92 Å². The molecule has 1 N–H and O–H groups in total. The van der Waals surface area contributed by atoms with Crippen molar-refractivity contribution in [3.05, 3.63) is 54.1 Å². The molecule has 4 rings (SSSR count). The fraction of sp³-hybridized carbons (Fsp3) is 0.333. The van der Waals surface area contributed by atoms with Crippen LogP contribution in [-0.2, 0) is 7.05 Å². The molecule has 1 aromatic carbocycles. The van der Waals surface area contributed by atoms with Crippen molar-refractivity contribution < 1.29 is 9.18 Å². The van der Waals surface area contributed by atoms with Gasteiger partial charge in [0, 0.05) is 43.7 Å². The largest absolute Gasteiger partial charge is 0.336 e. The molecule has 1 aliphatic rings. The van der Waals surface area contributed by atoms with Gasteiger partial charge >= 0.3 is 0 Å². The van der Waals surface area contributed by atoms with E-state index in [1.165, 1.54) is 0 Å². The van der Waals surface area contributed by atoms with E-state index in [1.807, 2.05) is 30.3 Å². The number of benzene rings is 1. The first kappa shape index (κ1) is 16.4. The Labute approximate surface area is 149 Å². The van der Waals surface area contributed by atoms with Crippen LogP contribution < -0.4 is 0 Å². The van der Waals surface area contributed by atoms with Gasteiger partial charge in [0.1, 0.15) is 11.5 Å². The van der Waals surface area contributed by atoms with Crippen LogP contribution in [0.5, 0.6) is 0 Å². The van der Waals surface area contributed by atoms with Crippen LogP contribution in [-0.4, -0.2) is 55.5 Å². The Hall–Kier alpha value is -3.03. The molecule has 0 bridgehead atoms. The first-order chi connectivity index (χ1) is 12.7. The van der Waals surface area contributed by atoms with E-state index in [9.17, 15) is 9.18 Å². The Morgan fingerprint density at radius 3 is 2.77 bits per heavy atom. The Kier molecular flexibility index (Phi) is 4.24. The summed E-state index contributed by atoms with van der Waals surface area (Å²) >= 11 is 0. The van der Waals surface area contributed by atoms with E-state index >= 15 is 0 Å². The van der Waals surface area contributed by atoms with Crippen LogP contribution in [0.3, 0.4) is 0 Å². The number of hydrogen-bond donors (Lipinski definition) is 1. The average molecular weight is 354 g/mol. The van der Waals surface area contributed by atoms with E-state index in [0.717, 1.165) is 5.56 Å². The lowest BCUT2D eigenvalue weighted by atomic mass is 9.97. The van der Waals surface area contributed by atoms with Gasteiger partial charge in [0.15, 0.2) is 5.82 Å². The minimum atomic E-state index is -0.516. The highest BCUT2D eigenvalue weighted by atomic mass is 19.1. The molecule has 0 unspecified atom stereocenters. The number of hydrogen-bond acceptors (Lipinski definition) is 4. The molecule has 0 aliphatic carbocycles. The summed E-state index contributed by atoms with van der Waals surface area (Å²) in [6, 6.07) is 11.3. The van der Waals surface area contributed by atoms with Crippen molar-refractivity contribution in [1.82, 2.24) is 29.9 Å². The zero-order valence-electron chi connectivity index (χ0n) is 14.3. The number of rotatable bonds is 4. The molecule has 2 aromatic heterocycles. The molecule has 3 aromatic rings. The topological polar surface area (TPSA) is 79.7 Å². The highest BCUT2D eigenvalue weighted by Gasteiger charge is 2.39. The molecule has 3 heterocycles. The van der Waals surface area contributed by atoms with Gasteiger partial charge in [0.2, 0.25) is 0 Å². The molecule has 0 spiro atoms. The number of carbonyl (C=O) groups excluding carboxylic acids is 1. The third-order valence-corrected chi connectivity index (χ3v) is 4.75. The van der Waals surface area contributed by atoms with Gasteiger partial charge < -0.3 is 4.90 Å². The van der Waals surface area contributed by atoms with Gasteiger partial charge in [-0.25, -0.2) is 4.98 Å². The Bertz CT molecular complexity index is 905. The second-order valence-corrected chi connectivity index (χ2v) is 6.52. The van der Waals surface area contributed by atoms with Crippen LogP contribution in [0, 0.1) is 5.92 Å². The molecule has 2 atom stereocenters. The zero-order valence-corrected chi connectivity index (χ0v) is 14.3. The minimum absolute atomic E-state index is 0.186. The van der Waals surface area contributed by atoms with Gasteiger partial charge in [-0.1, -0.05) is 30.3 Å². The summed E-state index contributed by atoms with van der Waals surface area (Å²) in [4.78, 5) is 18.8. The standard InChI is InChI=1S/C18H19FN6O/c1-24-8-7-15(23-24)18(26)25-10-13(9-19)14(11-25)17-20-16(21-22-17)12-5-3-2-4-6-12/h2-8,13-14H,9-11H2,1H3,(H,20,21,22)/t13-,14-/m1/s1. The number of alkyl halides is 1. The van der Waals surface area contributed by atoms with Crippen molar-refractivity contribution in [1.29, 1.82) is 0 Å². The maximum absolute atomic E-state index is 13.6. The summed E-state index contributed by atoms with van der Waals surface area (Å²) < 4.78 is 15.2. The fourth-order valence-corrected chi connectivity index (χ4v) is 3.35. The molecule has 1 fully saturated rings.